The Morgan fingerprint density at radius 2 is 2.35 bits per heavy atom. The van der Waals surface area contributed by atoms with E-state index in [4.69, 9.17) is 9.52 Å². The van der Waals surface area contributed by atoms with Crippen molar-refractivity contribution in [2.75, 3.05) is 11.4 Å². The smallest absolute Gasteiger partial charge is 0.357 e. The van der Waals surface area contributed by atoms with Crippen molar-refractivity contribution in [1.29, 1.82) is 0 Å². The van der Waals surface area contributed by atoms with Gasteiger partial charge in [0.1, 0.15) is 6.26 Å². The van der Waals surface area contributed by atoms with Gasteiger partial charge in [-0.25, -0.2) is 9.78 Å². The molecular weight excluding hydrogens is 256 g/mol. The van der Waals surface area contributed by atoms with E-state index >= 15 is 0 Å². The van der Waals surface area contributed by atoms with E-state index in [0.29, 0.717) is 12.4 Å². The minimum Gasteiger partial charge on any atom is -0.476 e. The number of aromatic carboxylic acids is 1. The molecule has 3 rings (SSSR count). The molecule has 2 aromatic rings. The number of carbonyl (C=O) groups is 1. The highest BCUT2D eigenvalue weighted by Gasteiger charge is 2.21. The molecule has 0 amide bonds. The molecule has 5 heteroatoms. The SMILES string of the molecule is CCc1ccc2c(c1)CCN2Cc1nc(C(=O)O)co1. The van der Waals surface area contributed by atoms with Crippen LogP contribution in [0, 0.1) is 0 Å². The van der Waals surface area contributed by atoms with Gasteiger partial charge in [0, 0.05) is 12.2 Å². The van der Waals surface area contributed by atoms with Crippen molar-refractivity contribution in [2.45, 2.75) is 26.3 Å². The molecule has 0 spiro atoms. The van der Waals surface area contributed by atoms with Crippen molar-refractivity contribution >= 4 is 11.7 Å². The van der Waals surface area contributed by atoms with Crippen LogP contribution in [0.1, 0.15) is 34.4 Å². The summed E-state index contributed by atoms with van der Waals surface area (Å²) in [4.78, 5) is 16.9. The van der Waals surface area contributed by atoms with Crippen LogP contribution in [0.4, 0.5) is 5.69 Å². The number of oxazole rings is 1. The van der Waals surface area contributed by atoms with Gasteiger partial charge in [-0.2, -0.15) is 0 Å². The zero-order valence-corrected chi connectivity index (χ0v) is 11.3. The normalized spacial score (nSPS) is 13.6. The molecule has 0 fully saturated rings. The number of aryl methyl sites for hydroxylation is 1. The van der Waals surface area contributed by atoms with Gasteiger partial charge in [0.05, 0.1) is 6.54 Å². The highest BCUT2D eigenvalue weighted by molar-refractivity contribution is 5.84. The van der Waals surface area contributed by atoms with Gasteiger partial charge in [-0.15, -0.1) is 0 Å². The maximum atomic E-state index is 10.8. The lowest BCUT2D eigenvalue weighted by atomic mass is 10.1. The summed E-state index contributed by atoms with van der Waals surface area (Å²) in [7, 11) is 0. The van der Waals surface area contributed by atoms with Crippen LogP contribution in [0.3, 0.4) is 0 Å². The Morgan fingerprint density at radius 1 is 1.50 bits per heavy atom. The highest BCUT2D eigenvalue weighted by atomic mass is 16.4. The van der Waals surface area contributed by atoms with Crippen LogP contribution in [0.15, 0.2) is 28.9 Å². The van der Waals surface area contributed by atoms with Crippen molar-refractivity contribution in [3.05, 3.63) is 47.2 Å². The molecule has 0 atom stereocenters. The Balaban J connectivity index is 1.79. The first-order chi connectivity index (χ1) is 9.67. The number of carboxylic acids is 1. The molecule has 0 saturated carbocycles. The zero-order valence-electron chi connectivity index (χ0n) is 11.3. The summed E-state index contributed by atoms with van der Waals surface area (Å²) in [5.41, 5.74) is 3.84. The van der Waals surface area contributed by atoms with Crippen LogP contribution >= 0.6 is 0 Å². The number of fused-ring (bicyclic) bond motifs is 1. The molecule has 104 valence electrons. The van der Waals surface area contributed by atoms with Crippen LogP contribution in [-0.2, 0) is 19.4 Å². The number of aromatic nitrogens is 1. The molecule has 0 radical (unpaired) electrons. The average Bonchev–Trinajstić information content (AvgIpc) is 3.06. The first-order valence-corrected chi connectivity index (χ1v) is 6.72. The third-order valence-corrected chi connectivity index (χ3v) is 3.64. The predicted molar refractivity (Wildman–Crippen MR) is 74.0 cm³/mol. The number of nitrogens with zero attached hydrogens (tertiary/aromatic N) is 2. The fourth-order valence-electron chi connectivity index (χ4n) is 2.55. The first-order valence-electron chi connectivity index (χ1n) is 6.72. The lowest BCUT2D eigenvalue weighted by molar-refractivity contribution is 0.0690. The molecule has 0 aliphatic carbocycles. The fraction of sp³-hybridized carbons (Fsp3) is 0.333. The molecule has 0 unspecified atom stereocenters. The van der Waals surface area contributed by atoms with E-state index in [1.54, 1.807) is 0 Å². The molecule has 2 heterocycles. The topological polar surface area (TPSA) is 66.6 Å². The molecular formula is C15H16N2O3. The van der Waals surface area contributed by atoms with Crippen molar-refractivity contribution < 1.29 is 14.3 Å². The van der Waals surface area contributed by atoms with Gasteiger partial charge in [-0.05, 0) is 30.0 Å². The van der Waals surface area contributed by atoms with Crippen molar-refractivity contribution in [3.63, 3.8) is 0 Å². The van der Waals surface area contributed by atoms with E-state index in [1.807, 2.05) is 0 Å². The van der Waals surface area contributed by atoms with Crippen molar-refractivity contribution in [2.24, 2.45) is 0 Å². The average molecular weight is 272 g/mol. The summed E-state index contributed by atoms with van der Waals surface area (Å²) < 4.78 is 5.21. The van der Waals surface area contributed by atoms with E-state index in [2.05, 4.69) is 35.0 Å². The van der Waals surface area contributed by atoms with Gasteiger partial charge in [0.25, 0.3) is 0 Å². The molecule has 1 aromatic carbocycles. The highest BCUT2D eigenvalue weighted by Crippen LogP contribution is 2.30. The van der Waals surface area contributed by atoms with E-state index in [0.717, 1.165) is 19.4 Å². The number of carboxylic acid groups (broad SMARTS) is 1. The van der Waals surface area contributed by atoms with Gasteiger partial charge in [-0.1, -0.05) is 19.1 Å². The van der Waals surface area contributed by atoms with Crippen molar-refractivity contribution in [1.82, 2.24) is 4.98 Å². The maximum absolute atomic E-state index is 10.8. The molecule has 0 bridgehead atoms. The minimum absolute atomic E-state index is 0.0410. The van der Waals surface area contributed by atoms with Crippen LogP contribution in [0.2, 0.25) is 0 Å². The third kappa shape index (κ3) is 2.27. The Hall–Kier alpha value is -2.30. The Labute approximate surface area is 116 Å². The second-order valence-corrected chi connectivity index (χ2v) is 4.92. The second kappa shape index (κ2) is 5.00. The largest absolute Gasteiger partial charge is 0.476 e. The lowest BCUT2D eigenvalue weighted by Gasteiger charge is -2.17. The molecule has 20 heavy (non-hydrogen) atoms. The Kier molecular flexibility index (Phi) is 3.18. The van der Waals surface area contributed by atoms with E-state index in [-0.39, 0.29) is 5.69 Å². The van der Waals surface area contributed by atoms with Crippen LogP contribution in [0.5, 0.6) is 0 Å². The molecule has 1 aromatic heterocycles. The van der Waals surface area contributed by atoms with E-state index in [9.17, 15) is 4.79 Å². The number of hydrogen-bond donors (Lipinski definition) is 1. The van der Waals surface area contributed by atoms with Gasteiger partial charge >= 0.3 is 5.97 Å². The standard InChI is InChI=1S/C15H16N2O3/c1-2-10-3-4-13-11(7-10)5-6-17(13)8-14-16-12(9-20-14)15(18)19/h3-4,7,9H,2,5-6,8H2,1H3,(H,18,19). The van der Waals surface area contributed by atoms with E-state index in [1.165, 1.54) is 23.1 Å². The summed E-state index contributed by atoms with van der Waals surface area (Å²) in [5, 5.41) is 8.84. The summed E-state index contributed by atoms with van der Waals surface area (Å²) >= 11 is 0. The third-order valence-electron chi connectivity index (χ3n) is 3.64. The molecule has 0 saturated heterocycles. The van der Waals surface area contributed by atoms with Gasteiger partial charge < -0.3 is 14.4 Å². The summed E-state index contributed by atoms with van der Waals surface area (Å²) in [6, 6.07) is 6.51. The Morgan fingerprint density at radius 3 is 3.05 bits per heavy atom. The van der Waals surface area contributed by atoms with Crippen LogP contribution in [0.25, 0.3) is 0 Å². The maximum Gasteiger partial charge on any atom is 0.357 e. The number of rotatable bonds is 4. The van der Waals surface area contributed by atoms with Gasteiger partial charge in [0.15, 0.2) is 5.69 Å². The molecule has 1 aliphatic heterocycles. The fourth-order valence-corrected chi connectivity index (χ4v) is 2.55. The number of anilines is 1. The lowest BCUT2D eigenvalue weighted by Crippen LogP contribution is -2.19. The van der Waals surface area contributed by atoms with Gasteiger partial charge in [0.2, 0.25) is 5.89 Å². The first kappa shape index (κ1) is 12.7. The summed E-state index contributed by atoms with van der Waals surface area (Å²) in [6.07, 6.45) is 3.24. The number of benzene rings is 1. The molecule has 1 aliphatic rings. The quantitative estimate of drug-likeness (QED) is 0.926. The van der Waals surface area contributed by atoms with Crippen LogP contribution in [-0.4, -0.2) is 22.6 Å². The Bertz CT molecular complexity index is 648. The van der Waals surface area contributed by atoms with Gasteiger partial charge in [-0.3, -0.25) is 0 Å². The number of hydrogen-bond acceptors (Lipinski definition) is 4. The second-order valence-electron chi connectivity index (χ2n) is 4.92. The summed E-state index contributed by atoms with van der Waals surface area (Å²) in [6.45, 7) is 3.56. The minimum atomic E-state index is -1.06. The monoisotopic (exact) mass is 272 g/mol. The summed E-state index contributed by atoms with van der Waals surface area (Å²) in [5.74, 6) is -0.621. The molecule has 1 N–H and O–H groups in total. The van der Waals surface area contributed by atoms with E-state index < -0.39 is 5.97 Å². The molecule has 5 nitrogen and oxygen atoms in total. The predicted octanol–water partition coefficient (Wildman–Crippen LogP) is 2.50. The van der Waals surface area contributed by atoms with Crippen LogP contribution < -0.4 is 4.90 Å². The van der Waals surface area contributed by atoms with Crippen molar-refractivity contribution in [3.8, 4) is 0 Å². The zero-order chi connectivity index (χ0) is 14.1.